The van der Waals surface area contributed by atoms with Gasteiger partial charge in [0, 0.05) is 19.0 Å². The number of urea groups is 1. The molecule has 0 spiro atoms. The highest BCUT2D eigenvalue weighted by molar-refractivity contribution is 6.23. The van der Waals surface area contributed by atoms with Gasteiger partial charge < -0.3 is 0 Å². The topological polar surface area (TPSA) is 71.6 Å². The van der Waals surface area contributed by atoms with Crippen LogP contribution in [0.3, 0.4) is 0 Å². The number of nitrogens with zero attached hydrogens (tertiary/aromatic N) is 6. The van der Waals surface area contributed by atoms with Crippen molar-refractivity contribution in [3.05, 3.63) is 0 Å². The molecule has 1 unspecified atom stereocenters. The maximum atomic E-state index is 13.3. The highest BCUT2D eigenvalue weighted by Gasteiger charge is 2.55. The zero-order valence-corrected chi connectivity index (χ0v) is 18.4. The molecule has 3 heterocycles. The van der Waals surface area contributed by atoms with E-state index >= 15 is 0 Å². The van der Waals surface area contributed by atoms with Gasteiger partial charge in [0.1, 0.15) is 6.54 Å². The average Bonchev–Trinajstić information content (AvgIpc) is 2.95. The van der Waals surface area contributed by atoms with Crippen LogP contribution in [0.25, 0.3) is 0 Å². The smallest absolute Gasteiger partial charge is 0.270 e. The SMILES string of the molecule is CC(C)CN1N=C(C(C)(C)C)C[N+]2=C1N=C1C2C(=O)N(CC(C)C)C(=O)N1C. The lowest BCUT2D eigenvalue weighted by Crippen LogP contribution is -2.64. The largest absolute Gasteiger partial charge is 0.416 e. The monoisotopic (exact) mass is 389 g/mol. The van der Waals surface area contributed by atoms with E-state index in [4.69, 9.17) is 10.1 Å². The normalized spacial score (nSPS) is 22.9. The fourth-order valence-electron chi connectivity index (χ4n) is 3.65. The number of hydrogen-bond acceptors (Lipinski definition) is 5. The number of rotatable bonds is 4. The van der Waals surface area contributed by atoms with E-state index in [-0.39, 0.29) is 23.3 Å². The summed E-state index contributed by atoms with van der Waals surface area (Å²) in [5.41, 5.74) is 0.886. The minimum absolute atomic E-state index is 0.124. The molecule has 1 fully saturated rings. The Hall–Kier alpha value is -2.25. The first-order chi connectivity index (χ1) is 12.9. The maximum Gasteiger partial charge on any atom is 0.416 e. The van der Waals surface area contributed by atoms with Gasteiger partial charge in [0.2, 0.25) is 11.9 Å². The van der Waals surface area contributed by atoms with Crippen LogP contribution in [-0.2, 0) is 4.79 Å². The Morgan fingerprint density at radius 2 is 1.71 bits per heavy atom. The lowest BCUT2D eigenvalue weighted by molar-refractivity contribution is -0.528. The number of carbonyl (C=O) groups excluding carboxylic acids is 2. The predicted octanol–water partition coefficient (Wildman–Crippen LogP) is 2.06. The van der Waals surface area contributed by atoms with Crippen molar-refractivity contribution in [1.82, 2.24) is 14.8 Å². The van der Waals surface area contributed by atoms with Crippen molar-refractivity contribution in [2.75, 3.05) is 26.7 Å². The number of amidine groups is 1. The summed E-state index contributed by atoms with van der Waals surface area (Å²) in [6, 6.07) is -0.875. The molecule has 0 N–H and O–H groups in total. The van der Waals surface area contributed by atoms with Crippen LogP contribution in [0.15, 0.2) is 10.1 Å². The van der Waals surface area contributed by atoms with E-state index in [2.05, 4.69) is 34.6 Å². The van der Waals surface area contributed by atoms with Crippen LogP contribution in [0.4, 0.5) is 4.79 Å². The third-order valence-corrected chi connectivity index (χ3v) is 5.13. The molecule has 0 aromatic rings. The Morgan fingerprint density at radius 1 is 1.11 bits per heavy atom. The number of carbonyl (C=O) groups is 2. The number of fused-ring (bicyclic) bond motifs is 2. The summed E-state index contributed by atoms with van der Waals surface area (Å²) >= 11 is 0. The highest BCUT2D eigenvalue weighted by Crippen LogP contribution is 2.27. The summed E-state index contributed by atoms with van der Waals surface area (Å²) in [6.07, 6.45) is 0. The van der Waals surface area contributed by atoms with E-state index in [1.807, 2.05) is 23.4 Å². The number of amides is 3. The molecule has 0 saturated carbocycles. The molecule has 1 saturated heterocycles. The standard InChI is InChI=1S/C20H33N6O2/c1-12(2)9-25-17(27)15-16(23(8)19(25)28)21-18-24(15)11-14(20(5,6)7)22-26(18)10-13(3)4/h12-13,15H,9-11H2,1-8H3/q+1. The van der Waals surface area contributed by atoms with Crippen LogP contribution >= 0.6 is 0 Å². The molecule has 0 aromatic carbocycles. The summed E-state index contributed by atoms with van der Waals surface area (Å²) < 4.78 is 2.02. The van der Waals surface area contributed by atoms with Crippen molar-refractivity contribution in [2.24, 2.45) is 27.3 Å². The Kier molecular flexibility index (Phi) is 5.10. The van der Waals surface area contributed by atoms with Crippen LogP contribution in [-0.4, -0.2) is 81.6 Å². The third kappa shape index (κ3) is 3.44. The molecule has 0 radical (unpaired) electrons. The van der Waals surface area contributed by atoms with Gasteiger partial charge in [-0.3, -0.25) is 14.6 Å². The first kappa shape index (κ1) is 20.5. The molecule has 154 valence electrons. The van der Waals surface area contributed by atoms with Gasteiger partial charge in [-0.25, -0.2) is 9.37 Å². The van der Waals surface area contributed by atoms with Gasteiger partial charge >= 0.3 is 12.0 Å². The van der Waals surface area contributed by atoms with Crippen LogP contribution in [0.1, 0.15) is 48.5 Å². The third-order valence-electron chi connectivity index (χ3n) is 5.13. The van der Waals surface area contributed by atoms with Crippen molar-refractivity contribution in [3.8, 4) is 0 Å². The zero-order chi connectivity index (χ0) is 21.0. The van der Waals surface area contributed by atoms with Gasteiger partial charge in [-0.1, -0.05) is 53.5 Å². The molecular weight excluding hydrogens is 356 g/mol. The number of likely N-dealkylation sites (N-methyl/N-ethyl adjacent to an activating group) is 1. The maximum absolute atomic E-state index is 13.3. The van der Waals surface area contributed by atoms with Gasteiger partial charge in [-0.05, 0) is 11.8 Å². The fourth-order valence-corrected chi connectivity index (χ4v) is 3.65. The lowest BCUT2D eigenvalue weighted by Gasteiger charge is -2.36. The summed E-state index contributed by atoms with van der Waals surface area (Å²) in [7, 11) is 1.70. The molecule has 0 bridgehead atoms. The van der Waals surface area contributed by atoms with Gasteiger partial charge in [-0.2, -0.15) is 0 Å². The molecule has 3 rings (SSSR count). The summed E-state index contributed by atoms with van der Waals surface area (Å²) in [4.78, 5) is 33.7. The molecule has 0 aliphatic carbocycles. The number of aliphatic imine (C=N–C) groups is 1. The second-order valence-corrected chi connectivity index (χ2v) is 9.76. The number of hydrazone groups is 1. The Morgan fingerprint density at radius 3 is 2.25 bits per heavy atom. The Bertz CT molecular complexity index is 787. The first-order valence-corrected chi connectivity index (χ1v) is 10.1. The molecule has 3 aliphatic rings. The summed E-state index contributed by atoms with van der Waals surface area (Å²) in [6.45, 7) is 16.3. The molecule has 1 atom stereocenters. The summed E-state index contributed by atoms with van der Waals surface area (Å²) in [5.74, 6) is 1.57. The van der Waals surface area contributed by atoms with Crippen LogP contribution < -0.4 is 0 Å². The molecule has 8 heteroatoms. The van der Waals surface area contributed by atoms with Crippen molar-refractivity contribution < 1.29 is 14.2 Å². The molecule has 8 nitrogen and oxygen atoms in total. The minimum atomic E-state index is -0.570. The van der Waals surface area contributed by atoms with Gasteiger partial charge in [0.05, 0.1) is 12.3 Å². The van der Waals surface area contributed by atoms with E-state index in [0.29, 0.717) is 37.3 Å². The van der Waals surface area contributed by atoms with E-state index in [0.717, 1.165) is 5.71 Å². The molecule has 3 amide bonds. The first-order valence-electron chi connectivity index (χ1n) is 10.1. The van der Waals surface area contributed by atoms with Crippen LogP contribution in [0.2, 0.25) is 0 Å². The van der Waals surface area contributed by atoms with Gasteiger partial charge in [0.15, 0.2) is 0 Å². The lowest BCUT2D eigenvalue weighted by atomic mass is 9.89. The van der Waals surface area contributed by atoms with E-state index in [9.17, 15) is 9.59 Å². The Balaban J connectivity index is 2.04. The quantitative estimate of drug-likeness (QED) is 0.691. The molecule has 28 heavy (non-hydrogen) atoms. The minimum Gasteiger partial charge on any atom is -0.270 e. The van der Waals surface area contributed by atoms with Crippen molar-refractivity contribution in [3.63, 3.8) is 0 Å². The number of hydrogen-bond donors (Lipinski definition) is 0. The number of imide groups is 1. The van der Waals surface area contributed by atoms with Crippen LogP contribution in [0.5, 0.6) is 0 Å². The molecule has 3 aliphatic heterocycles. The predicted molar refractivity (Wildman–Crippen MR) is 110 cm³/mol. The van der Waals surface area contributed by atoms with E-state index in [1.54, 1.807) is 7.05 Å². The second-order valence-electron chi connectivity index (χ2n) is 9.76. The summed E-state index contributed by atoms with van der Waals surface area (Å²) in [5, 5.41) is 6.77. The van der Waals surface area contributed by atoms with Crippen molar-refractivity contribution in [1.29, 1.82) is 0 Å². The number of guanidine groups is 1. The second kappa shape index (κ2) is 6.97. The van der Waals surface area contributed by atoms with Crippen molar-refractivity contribution >= 4 is 29.4 Å². The highest BCUT2D eigenvalue weighted by atomic mass is 16.2. The van der Waals surface area contributed by atoms with E-state index < -0.39 is 6.04 Å². The van der Waals surface area contributed by atoms with Crippen LogP contribution in [0, 0.1) is 17.3 Å². The molecule has 0 aromatic heterocycles. The van der Waals surface area contributed by atoms with Crippen molar-refractivity contribution in [2.45, 2.75) is 54.5 Å². The molecular formula is C20H33N6O2+. The average molecular weight is 390 g/mol. The zero-order valence-electron chi connectivity index (χ0n) is 18.4. The fraction of sp³-hybridized carbons (Fsp3) is 0.750. The van der Waals surface area contributed by atoms with E-state index in [1.165, 1.54) is 9.80 Å². The van der Waals surface area contributed by atoms with Gasteiger partial charge in [-0.15, -0.1) is 10.1 Å². The Labute approximate surface area is 167 Å². The van der Waals surface area contributed by atoms with Gasteiger partial charge in [0.25, 0.3) is 5.91 Å².